The number of carbonyl (C=O) groups is 1. The highest BCUT2D eigenvalue weighted by atomic mass is 16.5. The molecular formula is C26H24O3. The van der Waals surface area contributed by atoms with Gasteiger partial charge in [-0.2, -0.15) is 0 Å². The lowest BCUT2D eigenvalue weighted by Crippen LogP contribution is -1.99. The van der Waals surface area contributed by atoms with E-state index >= 15 is 0 Å². The number of hydrogen-bond donors (Lipinski definition) is 0. The van der Waals surface area contributed by atoms with E-state index in [1.165, 1.54) is 16.7 Å². The molecule has 0 bridgehead atoms. The number of Topliss-reactive ketones (excluding diaryl/α,β-unsaturated/α-hetero) is 1. The average Bonchev–Trinajstić information content (AvgIpc) is 3.04. The lowest BCUT2D eigenvalue weighted by Gasteiger charge is -2.10. The number of rotatable bonds is 5. The van der Waals surface area contributed by atoms with Crippen LogP contribution < -0.4 is 9.47 Å². The summed E-state index contributed by atoms with van der Waals surface area (Å²) in [6, 6.07) is 19.9. The van der Waals surface area contributed by atoms with Crippen molar-refractivity contribution in [3.8, 4) is 11.5 Å². The molecule has 3 aromatic rings. The fraction of sp³-hybridized carbons (Fsp3) is 0.192. The Hall–Kier alpha value is -3.33. The molecule has 0 radical (unpaired) electrons. The molecule has 0 aromatic heterocycles. The molecule has 4 rings (SSSR count). The van der Waals surface area contributed by atoms with Crippen molar-refractivity contribution in [2.24, 2.45) is 0 Å². The maximum atomic E-state index is 12.7. The topological polar surface area (TPSA) is 35.5 Å². The minimum absolute atomic E-state index is 0.0966. The van der Waals surface area contributed by atoms with Crippen LogP contribution in [0, 0.1) is 13.8 Å². The van der Waals surface area contributed by atoms with Gasteiger partial charge in [0.05, 0.1) is 5.56 Å². The first kappa shape index (κ1) is 19.0. The molecule has 29 heavy (non-hydrogen) atoms. The molecule has 3 heteroatoms. The maximum absolute atomic E-state index is 12.7. The number of allylic oxidation sites excluding steroid dienone is 1. The van der Waals surface area contributed by atoms with Gasteiger partial charge in [0.25, 0.3) is 0 Å². The Bertz CT molecular complexity index is 1090. The van der Waals surface area contributed by atoms with Gasteiger partial charge in [-0.05, 0) is 60.7 Å². The number of fused-ring (bicyclic) bond motifs is 1. The van der Waals surface area contributed by atoms with Crippen LogP contribution in [0.3, 0.4) is 0 Å². The summed E-state index contributed by atoms with van der Waals surface area (Å²) in [4.78, 5) is 12.7. The number of hydrogen-bond acceptors (Lipinski definition) is 3. The predicted octanol–water partition coefficient (Wildman–Crippen LogP) is 6.06. The molecule has 1 aliphatic rings. The highest BCUT2D eigenvalue weighted by Gasteiger charge is 2.27. The third-order valence-electron chi connectivity index (χ3n) is 5.23. The first-order valence-electron chi connectivity index (χ1n) is 9.89. The summed E-state index contributed by atoms with van der Waals surface area (Å²) in [6.07, 6.45) is 2.78. The molecule has 1 heterocycles. The largest absolute Gasteiger partial charge is 0.489 e. The van der Waals surface area contributed by atoms with E-state index in [9.17, 15) is 4.79 Å². The van der Waals surface area contributed by atoms with Crippen LogP contribution in [0.1, 0.15) is 45.1 Å². The smallest absolute Gasteiger partial charge is 0.231 e. The van der Waals surface area contributed by atoms with Crippen LogP contribution in [0.25, 0.3) is 6.08 Å². The van der Waals surface area contributed by atoms with E-state index in [0.29, 0.717) is 29.4 Å². The molecule has 3 nitrogen and oxygen atoms in total. The monoisotopic (exact) mass is 384 g/mol. The summed E-state index contributed by atoms with van der Waals surface area (Å²) >= 11 is 0. The summed E-state index contributed by atoms with van der Waals surface area (Å²) in [5.74, 6) is 1.48. The summed E-state index contributed by atoms with van der Waals surface area (Å²) < 4.78 is 11.8. The number of benzene rings is 3. The minimum atomic E-state index is -0.0966. The molecule has 0 spiro atoms. The van der Waals surface area contributed by atoms with Crippen LogP contribution in [0.2, 0.25) is 0 Å². The lowest BCUT2D eigenvalue weighted by atomic mass is 10.1. The first-order valence-corrected chi connectivity index (χ1v) is 9.89. The van der Waals surface area contributed by atoms with Crippen LogP contribution in [0.15, 0.2) is 66.4 Å². The van der Waals surface area contributed by atoms with Crippen LogP contribution in [-0.2, 0) is 13.0 Å². The second kappa shape index (κ2) is 7.96. The molecule has 0 saturated heterocycles. The zero-order chi connectivity index (χ0) is 20.4. The summed E-state index contributed by atoms with van der Waals surface area (Å²) in [5, 5.41) is 0. The van der Waals surface area contributed by atoms with Crippen molar-refractivity contribution in [2.45, 2.75) is 33.8 Å². The molecule has 0 unspecified atom stereocenters. The van der Waals surface area contributed by atoms with E-state index in [-0.39, 0.29) is 5.78 Å². The van der Waals surface area contributed by atoms with Crippen LogP contribution in [-0.4, -0.2) is 5.78 Å². The van der Waals surface area contributed by atoms with E-state index in [0.717, 1.165) is 17.5 Å². The van der Waals surface area contributed by atoms with Crippen molar-refractivity contribution in [1.29, 1.82) is 0 Å². The van der Waals surface area contributed by atoms with Crippen LogP contribution in [0.5, 0.6) is 11.5 Å². The van der Waals surface area contributed by atoms with Gasteiger partial charge in [-0.3, -0.25) is 4.79 Å². The minimum Gasteiger partial charge on any atom is -0.489 e. The second-order valence-corrected chi connectivity index (χ2v) is 7.41. The van der Waals surface area contributed by atoms with Crippen molar-refractivity contribution in [3.05, 3.63) is 99.8 Å². The van der Waals surface area contributed by atoms with Crippen molar-refractivity contribution in [2.75, 3.05) is 0 Å². The third-order valence-corrected chi connectivity index (χ3v) is 5.23. The standard InChI is InChI=1S/C26H24O3/c1-4-19-7-9-20(10-8-19)14-25-26(27)23-12-11-22(15-24(23)29-25)28-16-21-13-17(2)5-6-18(21)3/h5-15H,4,16H2,1-3H3/b25-14-. The summed E-state index contributed by atoms with van der Waals surface area (Å²) in [5.41, 5.74) is 6.34. The van der Waals surface area contributed by atoms with E-state index < -0.39 is 0 Å². The van der Waals surface area contributed by atoms with Crippen molar-refractivity contribution in [3.63, 3.8) is 0 Å². The van der Waals surface area contributed by atoms with Crippen molar-refractivity contribution >= 4 is 11.9 Å². The molecule has 0 fully saturated rings. The fourth-order valence-corrected chi connectivity index (χ4v) is 3.37. The van der Waals surface area contributed by atoms with E-state index in [4.69, 9.17) is 9.47 Å². The summed E-state index contributed by atoms with van der Waals surface area (Å²) in [6.45, 7) is 6.74. The number of aryl methyl sites for hydroxylation is 3. The zero-order valence-electron chi connectivity index (χ0n) is 17.0. The van der Waals surface area contributed by atoms with E-state index in [1.54, 1.807) is 18.2 Å². The molecule has 0 saturated carbocycles. The first-order chi connectivity index (χ1) is 14.0. The fourth-order valence-electron chi connectivity index (χ4n) is 3.37. The molecule has 0 aliphatic carbocycles. The van der Waals surface area contributed by atoms with E-state index in [2.05, 4.69) is 51.1 Å². The molecule has 3 aromatic carbocycles. The maximum Gasteiger partial charge on any atom is 0.231 e. The lowest BCUT2D eigenvalue weighted by molar-refractivity contribution is 0.101. The quantitative estimate of drug-likeness (QED) is 0.502. The molecule has 146 valence electrons. The number of ketones is 1. The molecule has 0 N–H and O–H groups in total. The molecular weight excluding hydrogens is 360 g/mol. The Morgan fingerprint density at radius 2 is 1.76 bits per heavy atom. The van der Waals surface area contributed by atoms with Gasteiger partial charge >= 0.3 is 0 Å². The van der Waals surface area contributed by atoms with Gasteiger partial charge in [-0.15, -0.1) is 0 Å². The normalized spacial score (nSPS) is 14.0. The van der Waals surface area contributed by atoms with E-state index in [1.807, 2.05) is 18.2 Å². The Balaban J connectivity index is 1.50. The van der Waals surface area contributed by atoms with Gasteiger partial charge in [0.1, 0.15) is 18.1 Å². The number of ether oxygens (including phenoxy) is 2. The van der Waals surface area contributed by atoms with Gasteiger partial charge in [0, 0.05) is 6.07 Å². The Labute approximate surface area is 171 Å². The Morgan fingerprint density at radius 1 is 0.966 bits per heavy atom. The highest BCUT2D eigenvalue weighted by Crippen LogP contribution is 2.35. The SMILES string of the molecule is CCc1ccc(/C=C2\Oc3cc(OCc4cc(C)ccc4C)ccc3C2=O)cc1. The average molecular weight is 384 g/mol. The van der Waals surface area contributed by atoms with Crippen molar-refractivity contribution < 1.29 is 14.3 Å². The van der Waals surface area contributed by atoms with Gasteiger partial charge in [0.15, 0.2) is 5.76 Å². The molecule has 0 amide bonds. The van der Waals surface area contributed by atoms with Crippen LogP contribution >= 0.6 is 0 Å². The number of carbonyl (C=O) groups excluding carboxylic acids is 1. The van der Waals surface area contributed by atoms with Crippen LogP contribution in [0.4, 0.5) is 0 Å². The third kappa shape index (κ3) is 4.09. The van der Waals surface area contributed by atoms with Crippen molar-refractivity contribution in [1.82, 2.24) is 0 Å². The van der Waals surface area contributed by atoms with Gasteiger partial charge in [0.2, 0.25) is 5.78 Å². The highest BCUT2D eigenvalue weighted by molar-refractivity contribution is 6.14. The van der Waals surface area contributed by atoms with Gasteiger partial charge in [-0.25, -0.2) is 0 Å². The molecule has 1 aliphatic heterocycles. The zero-order valence-corrected chi connectivity index (χ0v) is 17.0. The summed E-state index contributed by atoms with van der Waals surface area (Å²) in [7, 11) is 0. The van der Waals surface area contributed by atoms with Gasteiger partial charge in [-0.1, -0.05) is 55.0 Å². The molecule has 0 atom stereocenters. The van der Waals surface area contributed by atoms with Gasteiger partial charge < -0.3 is 9.47 Å². The Morgan fingerprint density at radius 3 is 2.52 bits per heavy atom. The Kier molecular flexibility index (Phi) is 5.22. The predicted molar refractivity (Wildman–Crippen MR) is 115 cm³/mol. The second-order valence-electron chi connectivity index (χ2n) is 7.41.